The van der Waals surface area contributed by atoms with Crippen molar-refractivity contribution in [2.45, 2.75) is 13.8 Å². The Morgan fingerprint density at radius 1 is 0.923 bits per heavy atom. The largest absolute Gasteiger partial charge is 2.00 e. The molecule has 2 N–H and O–H groups in total. The topological polar surface area (TPSA) is 103 Å². The molecule has 0 spiro atoms. The Bertz CT molecular complexity index is 743. The zero-order valence-corrected chi connectivity index (χ0v) is 19.2. The van der Waals surface area contributed by atoms with E-state index in [0.29, 0.717) is 17.0 Å². The van der Waals surface area contributed by atoms with Crippen LogP contribution in [0.4, 0.5) is 0 Å². The van der Waals surface area contributed by atoms with E-state index < -0.39 is 0 Å². The number of amidine groups is 2. The number of hydrazone groups is 1. The first-order chi connectivity index (χ1) is 12.0. The van der Waals surface area contributed by atoms with Crippen LogP contribution < -0.4 is 10.7 Å². The molecule has 26 heavy (non-hydrogen) atoms. The molecule has 11 heteroatoms. The molecular formula is C15H17N7OS2Zn. The fourth-order valence-corrected chi connectivity index (χ4v) is 1.41. The molecule has 0 aliphatic rings. The minimum Gasteiger partial charge on any atom is -0.741 e. The van der Waals surface area contributed by atoms with Crippen LogP contribution in [-0.2, 0) is 44.7 Å². The Hall–Kier alpha value is -2.10. The molecule has 0 heterocycles. The molecule has 0 atom stereocenters. The van der Waals surface area contributed by atoms with Crippen molar-refractivity contribution < 1.29 is 24.3 Å². The van der Waals surface area contributed by atoms with E-state index >= 15 is 0 Å². The van der Waals surface area contributed by atoms with Gasteiger partial charge in [0.25, 0.3) is 0 Å². The van der Waals surface area contributed by atoms with Crippen LogP contribution in [0.15, 0.2) is 49.8 Å². The molecule has 0 fully saturated rings. The van der Waals surface area contributed by atoms with E-state index in [2.05, 4.69) is 36.2 Å². The number of hydrogen-bond donors (Lipinski definition) is 2. The summed E-state index contributed by atoms with van der Waals surface area (Å²) in [4.78, 5) is 10.6. The first-order valence-corrected chi connectivity index (χ1v) is 7.89. The molecule has 0 aliphatic carbocycles. The van der Waals surface area contributed by atoms with Crippen molar-refractivity contribution in [3.8, 4) is 0 Å². The molecular weight excluding hydrogens is 424 g/mol. The summed E-state index contributed by atoms with van der Waals surface area (Å²) in [7, 11) is 1.66. The molecule has 8 nitrogen and oxygen atoms in total. The van der Waals surface area contributed by atoms with Crippen LogP contribution in [0, 0.1) is 0 Å². The summed E-state index contributed by atoms with van der Waals surface area (Å²) in [5.74, 6) is 0. The number of rotatable bonds is 6. The van der Waals surface area contributed by atoms with Crippen molar-refractivity contribution in [1.29, 1.82) is 0 Å². The maximum atomic E-state index is 10.6. The SMILES string of the molecule is CNC([S-])=NN=C(C)C(C)=NN=C([S-])N/N=C/c1ccc(C=O)cc1.[Zn+2]. The molecule has 1 aromatic rings. The van der Waals surface area contributed by atoms with Crippen LogP contribution in [0.1, 0.15) is 29.8 Å². The van der Waals surface area contributed by atoms with Gasteiger partial charge in [-0.15, -0.1) is 0 Å². The van der Waals surface area contributed by atoms with Crippen LogP contribution in [0.2, 0.25) is 0 Å². The predicted octanol–water partition coefficient (Wildman–Crippen LogP) is 1.20. The van der Waals surface area contributed by atoms with Crippen molar-refractivity contribution in [3.05, 3.63) is 35.4 Å². The normalized spacial score (nSPS) is 13.3. The second-order valence-electron chi connectivity index (χ2n) is 4.59. The number of nitrogens with zero attached hydrogens (tertiary/aromatic N) is 5. The summed E-state index contributed by atoms with van der Waals surface area (Å²) in [5, 5.41) is 22.5. The Morgan fingerprint density at radius 2 is 1.42 bits per heavy atom. The van der Waals surface area contributed by atoms with Gasteiger partial charge in [0.05, 0.1) is 17.6 Å². The van der Waals surface area contributed by atoms with Gasteiger partial charge < -0.3 is 30.6 Å². The number of hydrogen-bond acceptors (Lipinski definition) is 8. The zero-order valence-electron chi connectivity index (χ0n) is 14.6. The maximum Gasteiger partial charge on any atom is 2.00 e. The van der Waals surface area contributed by atoms with Crippen molar-refractivity contribution in [2.24, 2.45) is 25.5 Å². The first kappa shape index (κ1) is 23.9. The van der Waals surface area contributed by atoms with E-state index in [0.717, 1.165) is 11.8 Å². The molecule has 1 rings (SSSR count). The van der Waals surface area contributed by atoms with E-state index in [1.807, 2.05) is 0 Å². The molecule has 1 aromatic carbocycles. The standard InChI is InChI=1S/C15H19N7OS2.Zn/c1-10(18-21-14(24)16-3)11(2)19-22-15(25)20-17-8-12-4-6-13(9-23)7-5-12;/h4-9H,1-3H3,(H2,16,21,24)(H2,20,22,25);/q;+2/p-2/b17-8+,18-10?,19-11?;. The second kappa shape index (κ2) is 13.2. The number of benzene rings is 1. The summed E-state index contributed by atoms with van der Waals surface area (Å²) in [5.41, 5.74) is 5.08. The van der Waals surface area contributed by atoms with Gasteiger partial charge in [-0.05, 0) is 24.6 Å². The summed E-state index contributed by atoms with van der Waals surface area (Å²) in [6.45, 7) is 3.45. The number of aldehydes is 1. The van der Waals surface area contributed by atoms with Crippen LogP contribution in [0.25, 0.3) is 0 Å². The van der Waals surface area contributed by atoms with Crippen LogP contribution in [-0.4, -0.2) is 41.3 Å². The van der Waals surface area contributed by atoms with Gasteiger partial charge in [-0.25, -0.2) is 0 Å². The molecule has 0 bridgehead atoms. The summed E-state index contributed by atoms with van der Waals surface area (Å²) in [6, 6.07) is 6.90. The minimum atomic E-state index is 0. The average molecular weight is 441 g/mol. The Balaban J connectivity index is 0.00000625. The monoisotopic (exact) mass is 439 g/mol. The molecule has 0 aliphatic heterocycles. The third-order valence-electron chi connectivity index (χ3n) is 2.77. The van der Waals surface area contributed by atoms with Crippen molar-refractivity contribution in [3.63, 3.8) is 0 Å². The average Bonchev–Trinajstić information content (AvgIpc) is 2.64. The van der Waals surface area contributed by atoms with Crippen LogP contribution in [0.5, 0.6) is 0 Å². The van der Waals surface area contributed by atoms with E-state index in [1.54, 1.807) is 51.4 Å². The van der Waals surface area contributed by atoms with E-state index in [1.165, 1.54) is 0 Å². The van der Waals surface area contributed by atoms with Crippen LogP contribution in [0.3, 0.4) is 0 Å². The fourth-order valence-electron chi connectivity index (χ4n) is 1.28. The van der Waals surface area contributed by atoms with Crippen molar-refractivity contribution in [2.75, 3.05) is 7.05 Å². The summed E-state index contributed by atoms with van der Waals surface area (Å²) >= 11 is 9.86. The third-order valence-corrected chi connectivity index (χ3v) is 3.22. The Labute approximate surface area is 176 Å². The van der Waals surface area contributed by atoms with Crippen LogP contribution >= 0.6 is 0 Å². The molecule has 0 saturated carbocycles. The summed E-state index contributed by atoms with van der Waals surface area (Å²) in [6.07, 6.45) is 2.33. The minimum absolute atomic E-state index is 0. The van der Waals surface area contributed by atoms with Gasteiger partial charge in [-0.2, -0.15) is 25.5 Å². The van der Waals surface area contributed by atoms with Gasteiger partial charge in [-0.3, -0.25) is 10.2 Å². The Kier molecular flexibility index (Phi) is 12.1. The quantitative estimate of drug-likeness (QED) is 0.173. The number of carbonyl (C=O) groups excluding carboxylic acids is 1. The second-order valence-corrected chi connectivity index (χ2v) is 5.36. The van der Waals surface area contributed by atoms with Crippen molar-refractivity contribution >= 4 is 59.5 Å². The molecule has 0 unspecified atom stereocenters. The van der Waals surface area contributed by atoms with Gasteiger partial charge in [-0.1, -0.05) is 24.3 Å². The molecule has 0 radical (unpaired) electrons. The zero-order chi connectivity index (χ0) is 18.7. The van der Waals surface area contributed by atoms with Gasteiger partial charge in [0.1, 0.15) is 6.29 Å². The van der Waals surface area contributed by atoms with E-state index in [9.17, 15) is 4.79 Å². The predicted molar refractivity (Wildman–Crippen MR) is 107 cm³/mol. The molecule has 0 aromatic heterocycles. The number of nitrogens with one attached hydrogen (secondary N) is 2. The summed E-state index contributed by atoms with van der Waals surface area (Å²) < 4.78 is 0. The van der Waals surface area contributed by atoms with E-state index in [4.69, 9.17) is 25.3 Å². The number of carbonyl (C=O) groups is 1. The van der Waals surface area contributed by atoms with Crippen molar-refractivity contribution in [1.82, 2.24) is 10.7 Å². The van der Waals surface area contributed by atoms with Gasteiger partial charge >= 0.3 is 19.5 Å². The first-order valence-electron chi connectivity index (χ1n) is 7.07. The Morgan fingerprint density at radius 3 is 1.92 bits per heavy atom. The smallest absolute Gasteiger partial charge is 0.741 e. The maximum absolute atomic E-state index is 10.6. The third kappa shape index (κ3) is 9.40. The fraction of sp³-hybridized carbons (Fsp3) is 0.200. The van der Waals surface area contributed by atoms with E-state index in [-0.39, 0.29) is 29.8 Å². The van der Waals surface area contributed by atoms with Gasteiger partial charge in [0, 0.05) is 17.8 Å². The molecule has 132 valence electrons. The van der Waals surface area contributed by atoms with Gasteiger partial charge in [0.2, 0.25) is 0 Å². The molecule has 0 amide bonds. The van der Waals surface area contributed by atoms with Gasteiger partial charge in [0.15, 0.2) is 0 Å². The molecule has 0 saturated heterocycles.